The molecule has 0 fully saturated rings. The molecule has 0 aliphatic heterocycles. The Labute approximate surface area is 136 Å². The first-order chi connectivity index (χ1) is 10.8. The highest BCUT2D eigenvalue weighted by atomic mass is 16.5. The van der Waals surface area contributed by atoms with Gasteiger partial charge in [-0.3, -0.25) is 24.2 Å². The lowest BCUT2D eigenvalue weighted by atomic mass is 10.0. The topological polar surface area (TPSA) is 108 Å². The van der Waals surface area contributed by atoms with Crippen molar-refractivity contribution in [3.63, 3.8) is 0 Å². The molecule has 0 bridgehead atoms. The van der Waals surface area contributed by atoms with Crippen LogP contribution < -0.4 is 10.6 Å². The Balaban J connectivity index is 5.07. The van der Waals surface area contributed by atoms with Crippen LogP contribution in [0.5, 0.6) is 0 Å². The predicted octanol–water partition coefficient (Wildman–Crippen LogP) is -1.26. The largest absolute Gasteiger partial charge is 0.465 e. The fraction of sp³-hybridized carbons (Fsp3) is 0.714. The first-order valence-electron chi connectivity index (χ1n) is 7.35. The van der Waals surface area contributed by atoms with Crippen molar-refractivity contribution in [2.24, 2.45) is 5.92 Å². The average molecular weight is 330 g/mol. The molecule has 9 heteroatoms. The van der Waals surface area contributed by atoms with Crippen molar-refractivity contribution in [1.82, 2.24) is 20.7 Å². The number of carbonyl (C=O) groups is 4. The lowest BCUT2D eigenvalue weighted by molar-refractivity contribution is -0.159. The molecule has 0 saturated heterocycles. The first-order valence-corrected chi connectivity index (χ1v) is 7.35. The number of hydrogen-bond donors (Lipinski definition) is 2. The molecule has 0 aromatic carbocycles. The average Bonchev–Trinajstić information content (AvgIpc) is 2.47. The van der Waals surface area contributed by atoms with Crippen molar-refractivity contribution in [3.8, 4) is 0 Å². The Bertz CT molecular complexity index is 425. The molecule has 0 heterocycles. The van der Waals surface area contributed by atoms with Crippen molar-refractivity contribution in [1.29, 1.82) is 0 Å². The number of hydrazine groups is 1. The second kappa shape index (κ2) is 10.5. The van der Waals surface area contributed by atoms with E-state index in [1.807, 2.05) is 0 Å². The summed E-state index contributed by atoms with van der Waals surface area (Å²) in [5.41, 5.74) is 0. The molecule has 1 unspecified atom stereocenters. The SMILES string of the molecule is CCOC(=O)CNC(=O)C(C(C)C)N(C(=O)CNC=O)N(C)C. The number of ether oxygens (including phenoxy) is 1. The summed E-state index contributed by atoms with van der Waals surface area (Å²) in [4.78, 5) is 46.3. The van der Waals surface area contributed by atoms with Gasteiger partial charge in [0.15, 0.2) is 0 Å². The fourth-order valence-corrected chi connectivity index (χ4v) is 2.01. The third kappa shape index (κ3) is 7.09. The second-order valence-electron chi connectivity index (χ2n) is 5.30. The zero-order chi connectivity index (χ0) is 18.0. The van der Waals surface area contributed by atoms with Crippen molar-refractivity contribution >= 4 is 24.2 Å². The van der Waals surface area contributed by atoms with Crippen molar-refractivity contribution in [3.05, 3.63) is 0 Å². The molecule has 9 nitrogen and oxygen atoms in total. The van der Waals surface area contributed by atoms with Gasteiger partial charge in [-0.25, -0.2) is 5.01 Å². The van der Waals surface area contributed by atoms with E-state index < -0.39 is 23.8 Å². The van der Waals surface area contributed by atoms with Gasteiger partial charge in [0.1, 0.15) is 12.6 Å². The van der Waals surface area contributed by atoms with Gasteiger partial charge >= 0.3 is 5.97 Å². The molecule has 0 aliphatic rings. The summed E-state index contributed by atoms with van der Waals surface area (Å²) < 4.78 is 4.75. The molecule has 0 saturated carbocycles. The molecule has 0 radical (unpaired) electrons. The maximum atomic E-state index is 12.4. The highest BCUT2D eigenvalue weighted by Crippen LogP contribution is 2.13. The number of hydrogen-bond acceptors (Lipinski definition) is 6. The van der Waals surface area contributed by atoms with E-state index in [0.29, 0.717) is 6.41 Å². The Morgan fingerprint density at radius 2 is 1.78 bits per heavy atom. The van der Waals surface area contributed by atoms with Crippen LogP contribution in [0, 0.1) is 5.92 Å². The molecule has 0 aliphatic carbocycles. The number of esters is 1. The maximum absolute atomic E-state index is 12.4. The molecule has 23 heavy (non-hydrogen) atoms. The summed E-state index contributed by atoms with van der Waals surface area (Å²) in [7, 11) is 3.24. The van der Waals surface area contributed by atoms with Crippen molar-refractivity contribution < 1.29 is 23.9 Å². The number of rotatable bonds is 10. The second-order valence-corrected chi connectivity index (χ2v) is 5.30. The van der Waals surface area contributed by atoms with Gasteiger partial charge in [-0.1, -0.05) is 13.8 Å². The number of nitrogens with one attached hydrogen (secondary N) is 2. The van der Waals surface area contributed by atoms with Crippen LogP contribution in [0.3, 0.4) is 0 Å². The third-order valence-electron chi connectivity index (χ3n) is 2.90. The van der Waals surface area contributed by atoms with E-state index in [2.05, 4.69) is 10.6 Å². The minimum Gasteiger partial charge on any atom is -0.465 e. The summed E-state index contributed by atoms with van der Waals surface area (Å²) in [6, 6.07) is -0.819. The molecular weight excluding hydrogens is 304 g/mol. The quantitative estimate of drug-likeness (QED) is 0.294. The van der Waals surface area contributed by atoms with Gasteiger partial charge < -0.3 is 15.4 Å². The Hall–Kier alpha value is -2.16. The van der Waals surface area contributed by atoms with Gasteiger partial charge in [-0.05, 0) is 12.8 Å². The van der Waals surface area contributed by atoms with E-state index >= 15 is 0 Å². The smallest absolute Gasteiger partial charge is 0.325 e. The normalized spacial score (nSPS) is 11.8. The first kappa shape index (κ1) is 20.8. The van der Waals surface area contributed by atoms with Crippen LogP contribution in [0.4, 0.5) is 0 Å². The monoisotopic (exact) mass is 330 g/mol. The molecule has 0 aromatic rings. The Kier molecular flexibility index (Phi) is 9.56. The standard InChI is InChI=1S/C14H26N4O5/c1-6-23-12(21)8-16-14(22)13(10(2)3)18(17(4)5)11(20)7-15-9-19/h9-10,13H,6-8H2,1-5H3,(H,15,19)(H,16,22). The summed E-state index contributed by atoms with van der Waals surface area (Å²) in [6.07, 6.45) is 0.414. The van der Waals surface area contributed by atoms with Gasteiger partial charge in [0, 0.05) is 14.1 Å². The van der Waals surface area contributed by atoms with Crippen LogP contribution in [-0.4, -0.2) is 74.0 Å². The third-order valence-corrected chi connectivity index (χ3v) is 2.90. The van der Waals surface area contributed by atoms with E-state index in [4.69, 9.17) is 4.74 Å². The molecule has 0 rings (SSSR count). The highest BCUT2D eigenvalue weighted by Gasteiger charge is 2.34. The molecule has 3 amide bonds. The van der Waals surface area contributed by atoms with E-state index in [0.717, 1.165) is 0 Å². The summed E-state index contributed by atoms with van der Waals surface area (Å²) >= 11 is 0. The van der Waals surface area contributed by atoms with Crippen LogP contribution >= 0.6 is 0 Å². The van der Waals surface area contributed by atoms with Crippen molar-refractivity contribution in [2.75, 3.05) is 33.8 Å². The lowest BCUT2D eigenvalue weighted by Crippen LogP contribution is -2.59. The maximum Gasteiger partial charge on any atom is 0.325 e. The van der Waals surface area contributed by atoms with E-state index in [1.54, 1.807) is 34.9 Å². The lowest BCUT2D eigenvalue weighted by Gasteiger charge is -2.37. The Morgan fingerprint density at radius 3 is 2.22 bits per heavy atom. The van der Waals surface area contributed by atoms with Crippen LogP contribution in [0.2, 0.25) is 0 Å². The number of amides is 3. The van der Waals surface area contributed by atoms with Gasteiger partial charge in [0.2, 0.25) is 12.3 Å². The molecule has 0 aromatic heterocycles. The minimum absolute atomic E-state index is 0.209. The summed E-state index contributed by atoms with van der Waals surface area (Å²) in [5, 5.41) is 7.48. The van der Waals surface area contributed by atoms with Gasteiger partial charge in [-0.2, -0.15) is 0 Å². The van der Waals surface area contributed by atoms with Crippen LogP contribution in [0.25, 0.3) is 0 Å². The molecule has 1 atom stereocenters. The highest BCUT2D eigenvalue weighted by molar-refractivity contribution is 5.90. The van der Waals surface area contributed by atoms with Crippen molar-refractivity contribution in [2.45, 2.75) is 26.8 Å². The summed E-state index contributed by atoms with van der Waals surface area (Å²) in [6.45, 7) is 4.97. The predicted molar refractivity (Wildman–Crippen MR) is 82.9 cm³/mol. The van der Waals surface area contributed by atoms with Gasteiger partial charge in [0.25, 0.3) is 5.91 Å². The van der Waals surface area contributed by atoms with Gasteiger partial charge in [0.05, 0.1) is 13.2 Å². The zero-order valence-corrected chi connectivity index (χ0v) is 14.3. The van der Waals surface area contributed by atoms with Crippen LogP contribution in [0.1, 0.15) is 20.8 Å². The van der Waals surface area contributed by atoms with Gasteiger partial charge in [-0.15, -0.1) is 0 Å². The van der Waals surface area contributed by atoms with E-state index in [-0.39, 0.29) is 25.6 Å². The molecule has 0 spiro atoms. The van der Waals surface area contributed by atoms with E-state index in [1.165, 1.54) is 10.0 Å². The van der Waals surface area contributed by atoms with E-state index in [9.17, 15) is 19.2 Å². The molecular formula is C14H26N4O5. The molecule has 2 N–H and O–H groups in total. The molecule has 132 valence electrons. The Morgan fingerprint density at radius 1 is 1.17 bits per heavy atom. The fourth-order valence-electron chi connectivity index (χ4n) is 2.01. The van der Waals surface area contributed by atoms with Crippen LogP contribution in [-0.2, 0) is 23.9 Å². The zero-order valence-electron chi connectivity index (χ0n) is 14.3. The number of carbonyl (C=O) groups excluding carboxylic acids is 4. The minimum atomic E-state index is -0.819. The number of nitrogens with zero attached hydrogens (tertiary/aromatic N) is 2. The van der Waals surface area contributed by atoms with Crippen LogP contribution in [0.15, 0.2) is 0 Å². The summed E-state index contributed by atoms with van der Waals surface area (Å²) in [5.74, 6) is -1.67.